The molecule has 1 unspecified atom stereocenters. The number of benzene rings is 1. The van der Waals surface area contributed by atoms with E-state index >= 15 is 0 Å². The van der Waals surface area contributed by atoms with E-state index in [1.807, 2.05) is 39.0 Å². The van der Waals surface area contributed by atoms with Gasteiger partial charge in [-0.3, -0.25) is 19.3 Å². The smallest absolute Gasteiger partial charge is 0.306 e. The van der Waals surface area contributed by atoms with E-state index < -0.39 is 17.1 Å². The maximum absolute atomic E-state index is 14.2. The lowest BCUT2D eigenvalue weighted by Crippen LogP contribution is -2.63. The molecular formula is C38H54N2O6. The van der Waals surface area contributed by atoms with Gasteiger partial charge in [0.25, 0.3) is 0 Å². The fraction of sp³-hybridized carbons (Fsp3) is 0.711. The topological polar surface area (TPSA) is 96.4 Å². The first-order chi connectivity index (χ1) is 21.7. The Morgan fingerprint density at radius 1 is 1.00 bits per heavy atom. The molecule has 4 fully saturated rings. The minimum atomic E-state index is -1.47. The van der Waals surface area contributed by atoms with Crippen LogP contribution in [-0.4, -0.2) is 79.1 Å². The number of ketones is 2. The summed E-state index contributed by atoms with van der Waals surface area (Å²) in [5.74, 6) is 1.16. The summed E-state index contributed by atoms with van der Waals surface area (Å²) in [6, 6.07) is 8.08. The Morgan fingerprint density at radius 3 is 2.35 bits per heavy atom. The Labute approximate surface area is 274 Å². The third-order valence-corrected chi connectivity index (χ3v) is 12.6. The highest BCUT2D eigenvalue weighted by Gasteiger charge is 2.69. The molecule has 1 N–H and O–H groups in total. The number of methoxy groups -OCH3 is 1. The SMILES string of the molecule is COc1ccc(N2CCN(CC(=O)[C@@]3(O)CC[C@H]4[C@@H]5CCC6=CC(=O)CC[C@]6(C)[C@H]5C(OC(=O)CC(C)(C)C)C[C@@]43C)CC2)cc1. The second-order valence-electron chi connectivity index (χ2n) is 16.6. The monoisotopic (exact) mass is 634 g/mol. The largest absolute Gasteiger partial charge is 0.497 e. The molecule has 1 aliphatic heterocycles. The molecule has 4 aliphatic carbocycles. The number of rotatable bonds is 7. The highest BCUT2D eigenvalue weighted by atomic mass is 16.5. The quantitative estimate of drug-likeness (QED) is 0.387. The maximum atomic E-state index is 14.2. The standard InChI is InChI=1S/C38H54N2O6/c1-35(2,3)23-33(43)46-31-22-37(5)30(29-12-7-25-21-27(41)13-15-36(25,4)34(29)31)14-16-38(37,44)32(42)24-39-17-19-40(20-18-39)26-8-10-28(45-6)11-9-26/h8-11,21,29-31,34,44H,7,12-20,22-24H2,1-6H3/t29-,30-,31?,34+,36-,37-,38-/m0/s1. The van der Waals surface area contributed by atoms with Gasteiger partial charge in [0.2, 0.25) is 0 Å². The van der Waals surface area contributed by atoms with Gasteiger partial charge in [-0.05, 0) is 91.5 Å². The van der Waals surface area contributed by atoms with Crippen molar-refractivity contribution in [3.63, 3.8) is 0 Å². The Bertz CT molecular complexity index is 1370. The van der Waals surface area contributed by atoms with Crippen LogP contribution in [0.15, 0.2) is 35.9 Å². The van der Waals surface area contributed by atoms with Crippen LogP contribution >= 0.6 is 0 Å². The summed E-state index contributed by atoms with van der Waals surface area (Å²) in [5.41, 5.74) is -0.253. The van der Waals surface area contributed by atoms with Crippen LogP contribution in [0.2, 0.25) is 0 Å². The summed E-state index contributed by atoms with van der Waals surface area (Å²) in [5, 5.41) is 12.5. The number of nitrogens with zero attached hydrogens (tertiary/aromatic N) is 2. The zero-order valence-corrected chi connectivity index (χ0v) is 28.8. The number of esters is 1. The first-order valence-electron chi connectivity index (χ1n) is 17.5. The molecule has 7 atom stereocenters. The molecule has 3 saturated carbocycles. The number of fused-ring (bicyclic) bond motifs is 5. The highest BCUT2D eigenvalue weighted by Crippen LogP contribution is 2.68. The van der Waals surface area contributed by atoms with Gasteiger partial charge in [-0.15, -0.1) is 0 Å². The lowest BCUT2D eigenvalue weighted by molar-refractivity contribution is -0.196. The molecule has 0 radical (unpaired) electrons. The van der Waals surface area contributed by atoms with Crippen molar-refractivity contribution < 1.29 is 29.0 Å². The Morgan fingerprint density at radius 2 is 1.70 bits per heavy atom. The average Bonchev–Trinajstić information content (AvgIpc) is 3.27. The van der Waals surface area contributed by atoms with Crippen LogP contribution in [0, 0.1) is 34.0 Å². The summed E-state index contributed by atoms with van der Waals surface area (Å²) < 4.78 is 11.7. The molecule has 1 heterocycles. The first kappa shape index (κ1) is 33.2. The van der Waals surface area contributed by atoms with Crippen molar-refractivity contribution in [1.82, 2.24) is 4.90 Å². The Balaban J connectivity index is 1.21. The van der Waals surface area contributed by atoms with Gasteiger partial charge in [-0.2, -0.15) is 0 Å². The molecule has 0 spiro atoms. The predicted molar refractivity (Wildman–Crippen MR) is 178 cm³/mol. The number of carbonyl (C=O) groups excluding carboxylic acids is 3. The molecule has 8 heteroatoms. The summed E-state index contributed by atoms with van der Waals surface area (Å²) in [6.07, 6.45) is 6.50. The lowest BCUT2D eigenvalue weighted by Gasteiger charge is -2.61. The maximum Gasteiger partial charge on any atom is 0.306 e. The van der Waals surface area contributed by atoms with Crippen LogP contribution in [0.1, 0.15) is 86.0 Å². The lowest BCUT2D eigenvalue weighted by atomic mass is 9.45. The molecular weight excluding hydrogens is 580 g/mol. The molecule has 6 rings (SSSR count). The zero-order chi connectivity index (χ0) is 33.1. The van der Waals surface area contributed by atoms with Gasteiger partial charge in [0.15, 0.2) is 11.6 Å². The second-order valence-corrected chi connectivity index (χ2v) is 16.6. The second kappa shape index (κ2) is 12.1. The van der Waals surface area contributed by atoms with Crippen molar-refractivity contribution >= 4 is 23.2 Å². The van der Waals surface area contributed by atoms with E-state index in [1.54, 1.807) is 7.11 Å². The summed E-state index contributed by atoms with van der Waals surface area (Å²) in [7, 11) is 1.67. The van der Waals surface area contributed by atoms with Crippen LogP contribution in [0.5, 0.6) is 5.75 Å². The number of hydrogen-bond acceptors (Lipinski definition) is 8. The number of anilines is 1. The van der Waals surface area contributed by atoms with Crippen LogP contribution in [0.25, 0.3) is 0 Å². The molecule has 46 heavy (non-hydrogen) atoms. The normalized spacial score (nSPS) is 36.3. The van der Waals surface area contributed by atoms with Gasteiger partial charge in [0, 0.05) is 49.6 Å². The van der Waals surface area contributed by atoms with Crippen molar-refractivity contribution in [1.29, 1.82) is 0 Å². The molecule has 1 saturated heterocycles. The molecule has 0 bridgehead atoms. The van der Waals surface area contributed by atoms with Gasteiger partial charge < -0.3 is 19.5 Å². The van der Waals surface area contributed by atoms with E-state index in [0.717, 1.165) is 63.3 Å². The molecule has 252 valence electrons. The van der Waals surface area contributed by atoms with Crippen LogP contribution in [0.4, 0.5) is 5.69 Å². The molecule has 8 nitrogen and oxygen atoms in total. The number of hydrogen-bond donors (Lipinski definition) is 1. The number of carbonyl (C=O) groups is 3. The zero-order valence-electron chi connectivity index (χ0n) is 28.8. The Kier molecular flexibility index (Phi) is 8.71. The number of ether oxygens (including phenoxy) is 2. The number of allylic oxidation sites excluding steroid dienone is 1. The summed E-state index contributed by atoms with van der Waals surface area (Å²) >= 11 is 0. The van der Waals surface area contributed by atoms with E-state index in [1.165, 1.54) is 5.57 Å². The summed E-state index contributed by atoms with van der Waals surface area (Å²) in [4.78, 5) is 44.6. The van der Waals surface area contributed by atoms with E-state index in [0.29, 0.717) is 25.7 Å². The summed E-state index contributed by atoms with van der Waals surface area (Å²) in [6.45, 7) is 13.8. The van der Waals surface area contributed by atoms with Gasteiger partial charge in [0.05, 0.1) is 20.1 Å². The van der Waals surface area contributed by atoms with Crippen molar-refractivity contribution in [3.8, 4) is 5.75 Å². The third kappa shape index (κ3) is 5.82. The molecule has 5 aliphatic rings. The molecule has 1 aromatic carbocycles. The number of aliphatic hydroxyl groups is 1. The van der Waals surface area contributed by atoms with E-state index in [2.05, 4.69) is 35.8 Å². The first-order valence-corrected chi connectivity index (χ1v) is 17.5. The minimum absolute atomic E-state index is 0.0751. The fourth-order valence-electron chi connectivity index (χ4n) is 10.2. The number of Topliss-reactive ketones (excluding diaryl/α,β-unsaturated/α-hetero) is 1. The predicted octanol–water partition coefficient (Wildman–Crippen LogP) is 5.61. The molecule has 0 amide bonds. The van der Waals surface area contributed by atoms with Crippen LogP contribution in [0.3, 0.4) is 0 Å². The third-order valence-electron chi connectivity index (χ3n) is 12.6. The van der Waals surface area contributed by atoms with E-state index in [4.69, 9.17) is 9.47 Å². The van der Waals surface area contributed by atoms with Crippen molar-refractivity contribution in [2.45, 2.75) is 97.7 Å². The molecule has 1 aromatic rings. The van der Waals surface area contributed by atoms with Crippen molar-refractivity contribution in [3.05, 3.63) is 35.9 Å². The van der Waals surface area contributed by atoms with Crippen molar-refractivity contribution in [2.24, 2.45) is 34.0 Å². The van der Waals surface area contributed by atoms with Gasteiger partial charge in [-0.1, -0.05) is 40.2 Å². The number of piperazine rings is 1. The van der Waals surface area contributed by atoms with Crippen LogP contribution < -0.4 is 9.64 Å². The Hall–Kier alpha value is -2.71. The fourth-order valence-corrected chi connectivity index (χ4v) is 10.2. The minimum Gasteiger partial charge on any atom is -0.497 e. The van der Waals surface area contributed by atoms with E-state index in [9.17, 15) is 19.5 Å². The van der Waals surface area contributed by atoms with Crippen molar-refractivity contribution in [2.75, 3.05) is 44.7 Å². The van der Waals surface area contributed by atoms with Gasteiger partial charge in [-0.25, -0.2) is 0 Å². The highest BCUT2D eigenvalue weighted by molar-refractivity contribution is 5.92. The van der Waals surface area contributed by atoms with Gasteiger partial charge in [0.1, 0.15) is 17.5 Å². The van der Waals surface area contributed by atoms with Gasteiger partial charge >= 0.3 is 5.97 Å². The van der Waals surface area contributed by atoms with E-state index in [-0.39, 0.29) is 52.7 Å². The average molecular weight is 635 g/mol. The van der Waals surface area contributed by atoms with Crippen LogP contribution in [-0.2, 0) is 19.1 Å². The molecule has 0 aromatic heterocycles.